The van der Waals surface area contributed by atoms with Crippen LogP contribution in [-0.4, -0.2) is 34.9 Å². The van der Waals surface area contributed by atoms with Crippen molar-refractivity contribution in [2.75, 3.05) is 12.4 Å². The van der Waals surface area contributed by atoms with Crippen LogP contribution in [0.5, 0.6) is 5.75 Å². The molecule has 1 unspecified atom stereocenters. The third-order valence-electron chi connectivity index (χ3n) is 4.16. The lowest BCUT2D eigenvalue weighted by molar-refractivity contribution is -0.123. The van der Waals surface area contributed by atoms with Crippen molar-refractivity contribution in [3.63, 3.8) is 0 Å². The largest absolute Gasteiger partial charge is 0.497 e. The number of ether oxygens (including phenoxy) is 2. The molecule has 8 nitrogen and oxygen atoms in total. The highest BCUT2D eigenvalue weighted by atomic mass is 16.5. The van der Waals surface area contributed by atoms with Crippen molar-refractivity contribution in [3.8, 4) is 5.75 Å². The van der Waals surface area contributed by atoms with Crippen molar-refractivity contribution in [1.82, 2.24) is 9.78 Å². The molecule has 3 aromatic rings. The Morgan fingerprint density at radius 3 is 2.36 bits per heavy atom. The number of amides is 1. The van der Waals surface area contributed by atoms with Crippen molar-refractivity contribution < 1.29 is 19.1 Å². The molecule has 0 saturated heterocycles. The zero-order valence-corrected chi connectivity index (χ0v) is 15.6. The van der Waals surface area contributed by atoms with E-state index in [0.29, 0.717) is 22.2 Å². The zero-order chi connectivity index (χ0) is 20.3. The van der Waals surface area contributed by atoms with Gasteiger partial charge in [-0.25, -0.2) is 9.48 Å². The van der Waals surface area contributed by atoms with Crippen molar-refractivity contribution in [1.29, 1.82) is 0 Å². The minimum absolute atomic E-state index is 0.0261. The first kappa shape index (κ1) is 19.1. The first-order valence-corrected chi connectivity index (χ1v) is 8.52. The predicted molar refractivity (Wildman–Crippen MR) is 103 cm³/mol. The normalized spacial score (nSPS) is 11.7. The number of hydrogen-bond donors (Lipinski definition) is 1. The van der Waals surface area contributed by atoms with Crippen LogP contribution in [0.25, 0.3) is 10.8 Å². The summed E-state index contributed by atoms with van der Waals surface area (Å²) in [6.45, 7) is 1.46. The maximum absolute atomic E-state index is 12.6. The zero-order valence-electron chi connectivity index (χ0n) is 15.6. The number of aromatic nitrogens is 2. The first-order valence-electron chi connectivity index (χ1n) is 8.52. The predicted octanol–water partition coefficient (Wildman–Crippen LogP) is 2.13. The van der Waals surface area contributed by atoms with Gasteiger partial charge in [-0.2, -0.15) is 5.10 Å². The van der Waals surface area contributed by atoms with Gasteiger partial charge in [-0.05, 0) is 37.3 Å². The molecule has 0 spiro atoms. The fraction of sp³-hybridized carbons (Fsp3) is 0.200. The lowest BCUT2D eigenvalue weighted by Gasteiger charge is -2.14. The average molecular weight is 381 g/mol. The van der Waals surface area contributed by atoms with Crippen LogP contribution in [0.2, 0.25) is 0 Å². The van der Waals surface area contributed by atoms with Gasteiger partial charge in [-0.15, -0.1) is 0 Å². The average Bonchev–Trinajstić information content (AvgIpc) is 2.71. The summed E-state index contributed by atoms with van der Waals surface area (Å²) in [4.78, 5) is 37.1. The number of aryl methyl sites for hydroxylation is 1. The maximum Gasteiger partial charge on any atom is 0.360 e. The van der Waals surface area contributed by atoms with Gasteiger partial charge in [0.2, 0.25) is 0 Å². The Morgan fingerprint density at radius 2 is 1.71 bits per heavy atom. The van der Waals surface area contributed by atoms with Gasteiger partial charge in [-0.3, -0.25) is 9.59 Å². The number of nitrogens with one attached hydrogen (secondary N) is 1. The fourth-order valence-electron chi connectivity index (χ4n) is 2.64. The fourth-order valence-corrected chi connectivity index (χ4v) is 2.64. The topological polar surface area (TPSA) is 99.5 Å². The standard InChI is InChI=1S/C20H19N3O5/c1-12(18(24)21-13-8-10-14(27-3)11-9-13)28-20(26)17-15-6-4-5-7-16(15)19(25)23(2)22-17/h4-12H,1-3H3,(H,21,24). The Kier molecular flexibility index (Phi) is 5.39. The van der Waals surface area contributed by atoms with Crippen LogP contribution in [0.15, 0.2) is 53.3 Å². The summed E-state index contributed by atoms with van der Waals surface area (Å²) >= 11 is 0. The van der Waals surface area contributed by atoms with Gasteiger partial charge in [0, 0.05) is 18.1 Å². The molecule has 1 atom stereocenters. The van der Waals surface area contributed by atoms with Gasteiger partial charge in [0.05, 0.1) is 12.5 Å². The van der Waals surface area contributed by atoms with E-state index in [-0.39, 0.29) is 11.3 Å². The summed E-state index contributed by atoms with van der Waals surface area (Å²) in [6, 6.07) is 13.4. The molecule has 0 aliphatic rings. The third kappa shape index (κ3) is 3.85. The Hall–Kier alpha value is -3.68. The van der Waals surface area contributed by atoms with Gasteiger partial charge in [0.1, 0.15) is 5.75 Å². The van der Waals surface area contributed by atoms with E-state index < -0.39 is 18.0 Å². The van der Waals surface area contributed by atoms with Crippen molar-refractivity contribution in [3.05, 3.63) is 64.6 Å². The van der Waals surface area contributed by atoms with E-state index in [0.717, 1.165) is 4.68 Å². The van der Waals surface area contributed by atoms with Crippen LogP contribution in [0.4, 0.5) is 5.69 Å². The molecule has 0 aliphatic carbocycles. The van der Waals surface area contributed by atoms with Crippen LogP contribution in [0.1, 0.15) is 17.4 Å². The molecule has 28 heavy (non-hydrogen) atoms. The summed E-state index contributed by atoms with van der Waals surface area (Å²) in [5.41, 5.74) is 0.193. The Balaban J connectivity index is 1.77. The Labute approximate surface area is 160 Å². The number of benzene rings is 2. The van der Waals surface area contributed by atoms with E-state index in [1.54, 1.807) is 55.6 Å². The highest BCUT2D eigenvalue weighted by Crippen LogP contribution is 2.17. The molecule has 0 radical (unpaired) electrons. The van der Waals surface area contributed by atoms with E-state index in [4.69, 9.17) is 9.47 Å². The third-order valence-corrected chi connectivity index (χ3v) is 4.16. The summed E-state index contributed by atoms with van der Waals surface area (Å²) in [5.74, 6) is -0.623. The number of carbonyl (C=O) groups excluding carboxylic acids is 2. The quantitative estimate of drug-likeness (QED) is 0.680. The number of hydrogen-bond acceptors (Lipinski definition) is 6. The lowest BCUT2D eigenvalue weighted by Crippen LogP contribution is -2.31. The molecule has 1 heterocycles. The summed E-state index contributed by atoms with van der Waals surface area (Å²) in [5, 5.41) is 7.38. The van der Waals surface area contributed by atoms with Crippen LogP contribution >= 0.6 is 0 Å². The second kappa shape index (κ2) is 7.91. The summed E-state index contributed by atoms with van der Waals surface area (Å²) in [7, 11) is 3.00. The minimum Gasteiger partial charge on any atom is -0.497 e. The van der Waals surface area contributed by atoms with Crippen LogP contribution < -0.4 is 15.6 Å². The molecular weight excluding hydrogens is 362 g/mol. The lowest BCUT2D eigenvalue weighted by atomic mass is 10.1. The van der Waals surface area contributed by atoms with Gasteiger partial charge in [0.25, 0.3) is 11.5 Å². The number of carbonyl (C=O) groups is 2. The highest BCUT2D eigenvalue weighted by Gasteiger charge is 2.23. The number of nitrogens with zero attached hydrogens (tertiary/aromatic N) is 2. The molecule has 1 aromatic heterocycles. The molecule has 0 saturated carbocycles. The van der Waals surface area contributed by atoms with Crippen LogP contribution in [0.3, 0.4) is 0 Å². The van der Waals surface area contributed by atoms with E-state index in [1.807, 2.05) is 0 Å². The molecule has 0 bridgehead atoms. The number of rotatable bonds is 5. The van der Waals surface area contributed by atoms with Gasteiger partial charge >= 0.3 is 5.97 Å². The number of anilines is 1. The Bertz CT molecular complexity index is 1090. The molecule has 1 amide bonds. The smallest absolute Gasteiger partial charge is 0.360 e. The van der Waals surface area contributed by atoms with Crippen molar-refractivity contribution >= 4 is 28.3 Å². The first-order chi connectivity index (χ1) is 13.4. The van der Waals surface area contributed by atoms with Gasteiger partial charge < -0.3 is 14.8 Å². The number of methoxy groups -OCH3 is 1. The molecule has 1 N–H and O–H groups in total. The molecule has 3 rings (SSSR count). The molecule has 8 heteroatoms. The van der Waals surface area contributed by atoms with Crippen LogP contribution in [-0.2, 0) is 16.6 Å². The van der Waals surface area contributed by atoms with E-state index in [9.17, 15) is 14.4 Å². The van der Waals surface area contributed by atoms with Crippen molar-refractivity contribution in [2.45, 2.75) is 13.0 Å². The van der Waals surface area contributed by atoms with Crippen LogP contribution in [0, 0.1) is 0 Å². The van der Waals surface area contributed by atoms with Gasteiger partial charge in [0.15, 0.2) is 11.8 Å². The number of esters is 1. The monoisotopic (exact) mass is 381 g/mol. The highest BCUT2D eigenvalue weighted by molar-refractivity contribution is 6.03. The summed E-state index contributed by atoms with van der Waals surface area (Å²) < 4.78 is 11.4. The van der Waals surface area contributed by atoms with Gasteiger partial charge in [-0.1, -0.05) is 18.2 Å². The molecule has 0 fully saturated rings. The molecule has 0 aliphatic heterocycles. The minimum atomic E-state index is -1.06. The SMILES string of the molecule is COc1ccc(NC(=O)C(C)OC(=O)c2nn(C)c(=O)c3ccccc23)cc1. The second-order valence-electron chi connectivity index (χ2n) is 6.09. The Morgan fingerprint density at radius 1 is 1.07 bits per heavy atom. The van der Waals surface area contributed by atoms with E-state index >= 15 is 0 Å². The molecule has 2 aromatic carbocycles. The second-order valence-corrected chi connectivity index (χ2v) is 6.09. The number of fused-ring (bicyclic) bond motifs is 1. The van der Waals surface area contributed by atoms with E-state index in [1.165, 1.54) is 14.0 Å². The molecule has 144 valence electrons. The summed E-state index contributed by atoms with van der Waals surface area (Å²) in [6.07, 6.45) is -1.06. The van der Waals surface area contributed by atoms with E-state index in [2.05, 4.69) is 10.4 Å². The van der Waals surface area contributed by atoms with Crippen molar-refractivity contribution in [2.24, 2.45) is 7.05 Å². The maximum atomic E-state index is 12.6. The molecular formula is C20H19N3O5.